The average molecular weight is 237 g/mol. The van der Waals surface area contributed by atoms with Crippen LogP contribution in [-0.2, 0) is 4.79 Å². The summed E-state index contributed by atoms with van der Waals surface area (Å²) in [6, 6.07) is 1.07. The van der Waals surface area contributed by atoms with E-state index in [4.69, 9.17) is 0 Å². The highest BCUT2D eigenvalue weighted by Gasteiger charge is 2.38. The van der Waals surface area contributed by atoms with Crippen molar-refractivity contribution < 1.29 is 4.79 Å². The molecule has 0 radical (unpaired) electrons. The molecule has 0 aliphatic carbocycles. The maximum absolute atomic E-state index is 12.2. The van der Waals surface area contributed by atoms with Crippen LogP contribution in [0.1, 0.15) is 32.1 Å². The van der Waals surface area contributed by atoms with Crippen molar-refractivity contribution in [3.8, 4) is 0 Å². The zero-order valence-electron chi connectivity index (χ0n) is 10.5. The number of amides is 1. The van der Waals surface area contributed by atoms with Gasteiger partial charge in [-0.05, 0) is 51.7 Å². The monoisotopic (exact) mass is 237 g/mol. The molecule has 17 heavy (non-hydrogen) atoms. The Morgan fingerprint density at radius 1 is 1.12 bits per heavy atom. The van der Waals surface area contributed by atoms with Gasteiger partial charge in [-0.2, -0.15) is 0 Å². The maximum Gasteiger partial charge on any atom is 0.223 e. The molecule has 0 spiro atoms. The molecular weight excluding hydrogens is 214 g/mol. The topological polar surface area (TPSA) is 44.4 Å². The predicted octanol–water partition coefficient (Wildman–Crippen LogP) is 0.339. The number of piperidine rings is 1. The molecule has 0 saturated carbocycles. The fraction of sp³-hybridized carbons (Fsp3) is 0.923. The number of nitrogens with zero attached hydrogens (tertiary/aromatic N) is 1. The summed E-state index contributed by atoms with van der Waals surface area (Å²) < 4.78 is 0. The molecular formula is C13H23N3O. The molecule has 3 fully saturated rings. The third-order valence-electron chi connectivity index (χ3n) is 4.64. The highest BCUT2D eigenvalue weighted by Crippen LogP contribution is 2.28. The van der Waals surface area contributed by atoms with Gasteiger partial charge in [0.2, 0.25) is 5.91 Å². The van der Waals surface area contributed by atoms with Crippen LogP contribution in [0.2, 0.25) is 0 Å². The van der Waals surface area contributed by atoms with Crippen LogP contribution in [0.15, 0.2) is 0 Å². The number of fused-ring (bicyclic) bond motifs is 1. The predicted molar refractivity (Wildman–Crippen MR) is 66.7 cm³/mol. The molecule has 0 aromatic heterocycles. The van der Waals surface area contributed by atoms with Crippen LogP contribution in [0.25, 0.3) is 0 Å². The number of nitrogens with one attached hydrogen (secondary N) is 2. The van der Waals surface area contributed by atoms with Crippen LogP contribution >= 0.6 is 0 Å². The van der Waals surface area contributed by atoms with Crippen molar-refractivity contribution in [1.82, 2.24) is 15.5 Å². The number of hydrogen-bond acceptors (Lipinski definition) is 3. The zero-order chi connectivity index (χ0) is 11.7. The number of carbonyl (C=O) groups is 1. The van der Waals surface area contributed by atoms with Gasteiger partial charge >= 0.3 is 0 Å². The van der Waals surface area contributed by atoms with E-state index in [0.29, 0.717) is 18.0 Å². The molecule has 1 amide bonds. The average Bonchev–Trinajstić information content (AvgIpc) is 2.95. The van der Waals surface area contributed by atoms with E-state index in [0.717, 1.165) is 32.4 Å². The lowest BCUT2D eigenvalue weighted by atomic mass is 9.96. The molecule has 2 atom stereocenters. The molecule has 4 heteroatoms. The minimum Gasteiger partial charge on any atom is -0.352 e. The second kappa shape index (κ2) is 4.94. The van der Waals surface area contributed by atoms with E-state index in [2.05, 4.69) is 15.5 Å². The van der Waals surface area contributed by atoms with E-state index < -0.39 is 0 Å². The van der Waals surface area contributed by atoms with Crippen molar-refractivity contribution in [3.63, 3.8) is 0 Å². The summed E-state index contributed by atoms with van der Waals surface area (Å²) in [6.45, 7) is 4.42. The number of hydrogen-bond donors (Lipinski definition) is 2. The van der Waals surface area contributed by atoms with Gasteiger partial charge in [0.05, 0.1) is 0 Å². The first-order chi connectivity index (χ1) is 8.34. The molecule has 0 bridgehead atoms. The molecule has 4 nitrogen and oxygen atoms in total. The van der Waals surface area contributed by atoms with Gasteiger partial charge in [-0.1, -0.05) is 0 Å². The third kappa shape index (κ3) is 2.33. The molecule has 3 aliphatic rings. The van der Waals surface area contributed by atoms with Gasteiger partial charge in [0.1, 0.15) is 0 Å². The summed E-state index contributed by atoms with van der Waals surface area (Å²) in [4.78, 5) is 14.7. The first-order valence-electron chi connectivity index (χ1n) is 7.10. The zero-order valence-corrected chi connectivity index (χ0v) is 10.5. The van der Waals surface area contributed by atoms with Crippen molar-refractivity contribution in [3.05, 3.63) is 0 Å². The van der Waals surface area contributed by atoms with Crippen molar-refractivity contribution in [2.24, 2.45) is 5.92 Å². The van der Waals surface area contributed by atoms with Crippen molar-refractivity contribution >= 4 is 5.91 Å². The summed E-state index contributed by atoms with van der Waals surface area (Å²) in [6.07, 6.45) is 5.75. The molecule has 3 saturated heterocycles. The van der Waals surface area contributed by atoms with Crippen LogP contribution in [0.4, 0.5) is 0 Å². The van der Waals surface area contributed by atoms with Gasteiger partial charge in [-0.15, -0.1) is 0 Å². The minimum absolute atomic E-state index is 0.256. The second-order valence-corrected chi connectivity index (χ2v) is 5.67. The lowest BCUT2D eigenvalue weighted by Crippen LogP contribution is -2.46. The Labute approximate surface area is 103 Å². The molecule has 3 aliphatic heterocycles. The SMILES string of the molecule is O=C(NC1CCN2CCCC12)C1CCNCC1. The van der Waals surface area contributed by atoms with E-state index in [1.807, 2.05) is 0 Å². The molecule has 96 valence electrons. The Bertz CT molecular complexity index is 288. The maximum atomic E-state index is 12.2. The Balaban J connectivity index is 1.54. The Morgan fingerprint density at radius 3 is 2.76 bits per heavy atom. The van der Waals surface area contributed by atoms with Crippen molar-refractivity contribution in [2.45, 2.75) is 44.2 Å². The second-order valence-electron chi connectivity index (χ2n) is 5.67. The van der Waals surface area contributed by atoms with E-state index in [1.165, 1.54) is 25.9 Å². The third-order valence-corrected chi connectivity index (χ3v) is 4.64. The normalized spacial score (nSPS) is 34.8. The summed E-state index contributed by atoms with van der Waals surface area (Å²) in [5.41, 5.74) is 0. The van der Waals surface area contributed by atoms with Crippen LogP contribution < -0.4 is 10.6 Å². The smallest absolute Gasteiger partial charge is 0.223 e. The lowest BCUT2D eigenvalue weighted by Gasteiger charge is -2.26. The Kier molecular flexibility index (Phi) is 3.34. The Hall–Kier alpha value is -0.610. The summed E-state index contributed by atoms with van der Waals surface area (Å²) in [7, 11) is 0. The molecule has 3 heterocycles. The van der Waals surface area contributed by atoms with Crippen LogP contribution in [0, 0.1) is 5.92 Å². The molecule has 2 unspecified atom stereocenters. The van der Waals surface area contributed by atoms with Gasteiger partial charge in [-0.25, -0.2) is 0 Å². The van der Waals surface area contributed by atoms with Crippen LogP contribution in [0.3, 0.4) is 0 Å². The summed E-state index contributed by atoms with van der Waals surface area (Å²) in [5, 5.41) is 6.62. The van der Waals surface area contributed by atoms with Crippen LogP contribution in [-0.4, -0.2) is 49.1 Å². The standard InChI is InChI=1S/C13H23N3O/c17-13(10-3-6-14-7-4-10)15-11-5-9-16-8-1-2-12(11)16/h10-12,14H,1-9H2,(H,15,17). The van der Waals surface area contributed by atoms with E-state index in [1.54, 1.807) is 0 Å². The fourth-order valence-corrected chi connectivity index (χ4v) is 3.64. The van der Waals surface area contributed by atoms with Gasteiger partial charge in [-0.3, -0.25) is 9.69 Å². The first kappa shape index (κ1) is 11.5. The molecule has 0 aromatic carbocycles. The van der Waals surface area contributed by atoms with Gasteiger partial charge in [0.15, 0.2) is 0 Å². The van der Waals surface area contributed by atoms with Gasteiger partial charge < -0.3 is 10.6 Å². The summed E-state index contributed by atoms with van der Waals surface area (Å²) >= 11 is 0. The van der Waals surface area contributed by atoms with Crippen molar-refractivity contribution in [2.75, 3.05) is 26.2 Å². The lowest BCUT2D eigenvalue weighted by molar-refractivity contribution is -0.126. The molecule has 2 N–H and O–H groups in total. The molecule has 0 aromatic rings. The van der Waals surface area contributed by atoms with Crippen LogP contribution in [0.5, 0.6) is 0 Å². The van der Waals surface area contributed by atoms with E-state index in [9.17, 15) is 4.79 Å². The first-order valence-corrected chi connectivity index (χ1v) is 7.10. The van der Waals surface area contributed by atoms with Gasteiger partial charge in [0, 0.05) is 24.5 Å². The number of rotatable bonds is 2. The fourth-order valence-electron chi connectivity index (χ4n) is 3.64. The summed E-state index contributed by atoms with van der Waals surface area (Å²) in [5.74, 6) is 0.567. The number of carbonyl (C=O) groups excluding carboxylic acids is 1. The highest BCUT2D eigenvalue weighted by molar-refractivity contribution is 5.79. The Morgan fingerprint density at radius 2 is 1.94 bits per heavy atom. The highest BCUT2D eigenvalue weighted by atomic mass is 16.2. The van der Waals surface area contributed by atoms with E-state index in [-0.39, 0.29) is 5.92 Å². The largest absolute Gasteiger partial charge is 0.352 e. The molecule has 3 rings (SSSR count). The van der Waals surface area contributed by atoms with Gasteiger partial charge in [0.25, 0.3) is 0 Å². The van der Waals surface area contributed by atoms with E-state index >= 15 is 0 Å². The van der Waals surface area contributed by atoms with Crippen molar-refractivity contribution in [1.29, 1.82) is 0 Å². The quantitative estimate of drug-likeness (QED) is 0.728. The minimum atomic E-state index is 0.256.